The molecule has 19 heavy (non-hydrogen) atoms. The Labute approximate surface area is 116 Å². The van der Waals surface area contributed by atoms with Gasteiger partial charge in [-0.2, -0.15) is 0 Å². The van der Waals surface area contributed by atoms with Gasteiger partial charge in [0.05, 0.1) is 0 Å². The molecule has 0 radical (unpaired) electrons. The molecule has 5 nitrogen and oxygen atoms in total. The summed E-state index contributed by atoms with van der Waals surface area (Å²) in [7, 11) is 4.03. The van der Waals surface area contributed by atoms with E-state index < -0.39 is 0 Å². The highest BCUT2D eigenvalue weighted by Crippen LogP contribution is 2.17. The van der Waals surface area contributed by atoms with Gasteiger partial charge in [-0.1, -0.05) is 20.8 Å². The van der Waals surface area contributed by atoms with Gasteiger partial charge in [-0.3, -0.25) is 9.59 Å². The third-order valence-corrected chi connectivity index (χ3v) is 3.58. The molecule has 110 valence electrons. The standard InChI is InChI=1S/C14H27N3O2/c1-6-11-13(18)15-12(10(2)3)14(19)17(11)9-7-8-16(4)5/h10-12H,6-9H2,1-5H3,(H,15,18). The zero-order valence-electron chi connectivity index (χ0n) is 12.8. The summed E-state index contributed by atoms with van der Waals surface area (Å²) in [5, 5.41) is 2.86. The maximum atomic E-state index is 12.5. The molecule has 2 atom stereocenters. The SMILES string of the molecule is CCC1C(=O)NC(C(C)C)C(=O)N1CCCN(C)C. The van der Waals surface area contributed by atoms with E-state index in [9.17, 15) is 9.59 Å². The second-order valence-corrected chi connectivity index (χ2v) is 5.84. The van der Waals surface area contributed by atoms with E-state index in [1.54, 1.807) is 4.90 Å². The molecule has 0 aromatic rings. The lowest BCUT2D eigenvalue weighted by atomic mass is 9.97. The second kappa shape index (κ2) is 6.89. The van der Waals surface area contributed by atoms with Crippen LogP contribution in [0.15, 0.2) is 0 Å². The molecule has 0 bridgehead atoms. The average molecular weight is 269 g/mol. The molecule has 1 N–H and O–H groups in total. The topological polar surface area (TPSA) is 52.7 Å². The van der Waals surface area contributed by atoms with E-state index in [4.69, 9.17) is 0 Å². The summed E-state index contributed by atoms with van der Waals surface area (Å²) in [5.41, 5.74) is 0. The average Bonchev–Trinajstić information content (AvgIpc) is 2.32. The summed E-state index contributed by atoms with van der Waals surface area (Å²) in [4.78, 5) is 28.4. The van der Waals surface area contributed by atoms with E-state index in [-0.39, 0.29) is 29.8 Å². The van der Waals surface area contributed by atoms with Crippen molar-refractivity contribution in [2.75, 3.05) is 27.2 Å². The van der Waals surface area contributed by atoms with Crippen molar-refractivity contribution in [3.05, 3.63) is 0 Å². The summed E-state index contributed by atoms with van der Waals surface area (Å²) in [6.07, 6.45) is 1.57. The van der Waals surface area contributed by atoms with Gasteiger partial charge in [-0.25, -0.2) is 0 Å². The first kappa shape index (κ1) is 16.0. The first-order valence-corrected chi connectivity index (χ1v) is 7.14. The number of hydrogen-bond acceptors (Lipinski definition) is 3. The van der Waals surface area contributed by atoms with Crippen molar-refractivity contribution in [1.82, 2.24) is 15.1 Å². The van der Waals surface area contributed by atoms with Crippen molar-refractivity contribution in [2.45, 2.75) is 45.7 Å². The number of carbonyl (C=O) groups excluding carboxylic acids is 2. The van der Waals surface area contributed by atoms with Crippen LogP contribution in [0.5, 0.6) is 0 Å². The molecule has 1 fully saturated rings. The molecule has 2 unspecified atom stereocenters. The summed E-state index contributed by atoms with van der Waals surface area (Å²) < 4.78 is 0. The number of nitrogens with zero attached hydrogens (tertiary/aromatic N) is 2. The fourth-order valence-electron chi connectivity index (χ4n) is 2.47. The van der Waals surface area contributed by atoms with Gasteiger partial charge in [-0.15, -0.1) is 0 Å². The summed E-state index contributed by atoms with van der Waals surface area (Å²) in [6.45, 7) is 7.47. The fraction of sp³-hybridized carbons (Fsp3) is 0.857. The van der Waals surface area contributed by atoms with Crippen LogP contribution < -0.4 is 5.32 Å². The Balaban J connectivity index is 2.75. The number of rotatable bonds is 6. The molecule has 5 heteroatoms. The van der Waals surface area contributed by atoms with E-state index in [1.165, 1.54) is 0 Å². The van der Waals surface area contributed by atoms with Crippen LogP contribution in [0.25, 0.3) is 0 Å². The Bertz CT molecular complexity index is 329. The summed E-state index contributed by atoms with van der Waals surface area (Å²) >= 11 is 0. The monoisotopic (exact) mass is 269 g/mol. The molecule has 0 aromatic heterocycles. The molecule has 2 amide bonds. The van der Waals surface area contributed by atoms with Crippen molar-refractivity contribution in [3.63, 3.8) is 0 Å². The number of nitrogens with one attached hydrogen (secondary N) is 1. The molecular weight excluding hydrogens is 242 g/mol. The first-order valence-electron chi connectivity index (χ1n) is 7.14. The van der Waals surface area contributed by atoms with Crippen LogP contribution in [-0.4, -0.2) is 60.9 Å². The van der Waals surface area contributed by atoms with Gasteiger partial charge in [0, 0.05) is 6.54 Å². The van der Waals surface area contributed by atoms with E-state index in [0.717, 1.165) is 13.0 Å². The van der Waals surface area contributed by atoms with Gasteiger partial charge in [-0.05, 0) is 39.4 Å². The Hall–Kier alpha value is -1.10. The summed E-state index contributed by atoms with van der Waals surface area (Å²) in [5.74, 6) is 0.191. The van der Waals surface area contributed by atoms with Crippen LogP contribution in [0, 0.1) is 5.92 Å². The smallest absolute Gasteiger partial charge is 0.246 e. The molecular formula is C14H27N3O2. The van der Waals surface area contributed by atoms with Crippen LogP contribution in [0.4, 0.5) is 0 Å². The highest BCUT2D eigenvalue weighted by molar-refractivity contribution is 5.97. The van der Waals surface area contributed by atoms with Crippen molar-refractivity contribution in [3.8, 4) is 0 Å². The maximum absolute atomic E-state index is 12.5. The van der Waals surface area contributed by atoms with Crippen molar-refractivity contribution >= 4 is 11.8 Å². The molecule has 1 aliphatic heterocycles. The molecule has 1 saturated heterocycles. The second-order valence-electron chi connectivity index (χ2n) is 5.84. The third-order valence-electron chi connectivity index (χ3n) is 3.58. The van der Waals surface area contributed by atoms with Gasteiger partial charge < -0.3 is 15.1 Å². The summed E-state index contributed by atoms with van der Waals surface area (Å²) in [6, 6.07) is -0.667. The first-order chi connectivity index (χ1) is 8.88. The zero-order chi connectivity index (χ0) is 14.6. The Morgan fingerprint density at radius 2 is 1.95 bits per heavy atom. The maximum Gasteiger partial charge on any atom is 0.246 e. The molecule has 0 spiro atoms. The number of hydrogen-bond donors (Lipinski definition) is 1. The lowest BCUT2D eigenvalue weighted by molar-refractivity contribution is -0.150. The molecule has 1 rings (SSSR count). The fourth-order valence-corrected chi connectivity index (χ4v) is 2.47. The third kappa shape index (κ3) is 3.93. The minimum Gasteiger partial charge on any atom is -0.342 e. The van der Waals surface area contributed by atoms with Crippen LogP contribution in [0.2, 0.25) is 0 Å². The minimum atomic E-state index is -0.366. The zero-order valence-corrected chi connectivity index (χ0v) is 12.8. The van der Waals surface area contributed by atoms with Crippen molar-refractivity contribution in [1.29, 1.82) is 0 Å². The quantitative estimate of drug-likeness (QED) is 0.772. The largest absolute Gasteiger partial charge is 0.342 e. The number of amides is 2. The Kier molecular flexibility index (Phi) is 5.79. The van der Waals surface area contributed by atoms with Gasteiger partial charge in [0.1, 0.15) is 12.1 Å². The lowest BCUT2D eigenvalue weighted by Gasteiger charge is -2.40. The van der Waals surface area contributed by atoms with Crippen LogP contribution >= 0.6 is 0 Å². The van der Waals surface area contributed by atoms with E-state index in [0.29, 0.717) is 13.0 Å². The highest BCUT2D eigenvalue weighted by atomic mass is 16.2. The Morgan fingerprint density at radius 3 is 2.42 bits per heavy atom. The predicted octanol–water partition coefficient (Wildman–Crippen LogP) is 0.700. The normalized spacial score (nSPS) is 24.3. The van der Waals surface area contributed by atoms with E-state index in [1.807, 2.05) is 34.9 Å². The Morgan fingerprint density at radius 1 is 1.32 bits per heavy atom. The van der Waals surface area contributed by atoms with Crippen LogP contribution in [0.1, 0.15) is 33.6 Å². The molecule has 1 aliphatic rings. The van der Waals surface area contributed by atoms with Gasteiger partial charge in [0.2, 0.25) is 11.8 Å². The molecule has 0 aliphatic carbocycles. The van der Waals surface area contributed by atoms with Gasteiger partial charge in [0.15, 0.2) is 0 Å². The van der Waals surface area contributed by atoms with Gasteiger partial charge >= 0.3 is 0 Å². The highest BCUT2D eigenvalue weighted by Gasteiger charge is 2.40. The van der Waals surface area contributed by atoms with Crippen molar-refractivity contribution < 1.29 is 9.59 Å². The van der Waals surface area contributed by atoms with Gasteiger partial charge in [0.25, 0.3) is 0 Å². The number of piperazine rings is 1. The predicted molar refractivity (Wildman–Crippen MR) is 75.7 cm³/mol. The van der Waals surface area contributed by atoms with Crippen LogP contribution in [-0.2, 0) is 9.59 Å². The lowest BCUT2D eigenvalue weighted by Crippen LogP contribution is -2.64. The molecule has 1 heterocycles. The minimum absolute atomic E-state index is 0.00865. The van der Waals surface area contributed by atoms with Crippen LogP contribution in [0.3, 0.4) is 0 Å². The molecule has 0 saturated carbocycles. The van der Waals surface area contributed by atoms with Crippen molar-refractivity contribution in [2.24, 2.45) is 5.92 Å². The number of carbonyl (C=O) groups is 2. The van der Waals surface area contributed by atoms with E-state index >= 15 is 0 Å². The molecule has 0 aromatic carbocycles. The van der Waals surface area contributed by atoms with E-state index in [2.05, 4.69) is 10.2 Å².